The Morgan fingerprint density at radius 3 is 2.61 bits per heavy atom. The Labute approximate surface area is 118 Å². The third kappa shape index (κ3) is 3.32. The van der Waals surface area contributed by atoms with E-state index >= 15 is 0 Å². The van der Waals surface area contributed by atoms with Crippen LogP contribution >= 0.6 is 23.4 Å². The number of benzene rings is 1. The standard InChI is InChI=1S/C11H17ClN2O2S2/c1-8-6-9(12)11(7-10(8)13)18(15,16)14(2)4-5-17-3/h6-7H,4-5,13H2,1-3H3. The van der Waals surface area contributed by atoms with Crippen LogP contribution in [0.25, 0.3) is 0 Å². The van der Waals surface area contributed by atoms with Crippen LogP contribution in [0.1, 0.15) is 5.56 Å². The highest BCUT2D eigenvalue weighted by atomic mass is 35.5. The molecule has 0 saturated heterocycles. The normalized spacial score (nSPS) is 12.1. The van der Waals surface area contributed by atoms with Gasteiger partial charge in [-0.15, -0.1) is 0 Å². The van der Waals surface area contributed by atoms with Gasteiger partial charge < -0.3 is 5.73 Å². The van der Waals surface area contributed by atoms with Gasteiger partial charge >= 0.3 is 0 Å². The summed E-state index contributed by atoms with van der Waals surface area (Å²) in [6.45, 7) is 2.22. The molecular formula is C11H17ClN2O2S2. The SMILES string of the molecule is CSCCN(C)S(=O)(=O)c1cc(N)c(C)cc1Cl. The van der Waals surface area contributed by atoms with Gasteiger partial charge in [-0.1, -0.05) is 11.6 Å². The first-order valence-electron chi connectivity index (χ1n) is 5.31. The maximum atomic E-state index is 12.3. The molecule has 1 aromatic rings. The fourth-order valence-electron chi connectivity index (χ4n) is 1.37. The monoisotopic (exact) mass is 308 g/mol. The van der Waals surface area contributed by atoms with Gasteiger partial charge in [0.25, 0.3) is 0 Å². The largest absolute Gasteiger partial charge is 0.398 e. The van der Waals surface area contributed by atoms with Crippen LogP contribution in [0.5, 0.6) is 0 Å². The van der Waals surface area contributed by atoms with Crippen molar-refractivity contribution in [1.29, 1.82) is 0 Å². The number of anilines is 1. The number of hydrogen-bond acceptors (Lipinski definition) is 4. The van der Waals surface area contributed by atoms with Crippen molar-refractivity contribution in [3.05, 3.63) is 22.7 Å². The van der Waals surface area contributed by atoms with Gasteiger partial charge in [-0.2, -0.15) is 11.8 Å². The summed E-state index contributed by atoms with van der Waals surface area (Å²) in [4.78, 5) is 0.0656. The van der Waals surface area contributed by atoms with Crippen LogP contribution in [-0.4, -0.2) is 38.3 Å². The first-order chi connectivity index (χ1) is 8.30. The van der Waals surface area contributed by atoms with Gasteiger partial charge in [-0.3, -0.25) is 0 Å². The van der Waals surface area contributed by atoms with E-state index < -0.39 is 10.0 Å². The van der Waals surface area contributed by atoms with E-state index in [-0.39, 0.29) is 9.92 Å². The second-order valence-corrected chi connectivity index (χ2v) is 7.36. The molecule has 18 heavy (non-hydrogen) atoms. The van der Waals surface area contributed by atoms with Crippen LogP contribution in [0.15, 0.2) is 17.0 Å². The molecule has 0 amide bonds. The number of nitrogens with two attached hydrogens (primary N) is 1. The van der Waals surface area contributed by atoms with Crippen molar-refractivity contribution in [2.45, 2.75) is 11.8 Å². The lowest BCUT2D eigenvalue weighted by atomic mass is 10.2. The predicted molar refractivity (Wildman–Crippen MR) is 78.8 cm³/mol. The van der Waals surface area contributed by atoms with Crippen LogP contribution in [0.2, 0.25) is 5.02 Å². The van der Waals surface area contributed by atoms with Crippen LogP contribution in [0.4, 0.5) is 5.69 Å². The van der Waals surface area contributed by atoms with E-state index in [1.54, 1.807) is 24.8 Å². The van der Waals surface area contributed by atoms with Crippen LogP contribution in [0.3, 0.4) is 0 Å². The fraction of sp³-hybridized carbons (Fsp3) is 0.455. The summed E-state index contributed by atoms with van der Waals surface area (Å²) < 4.78 is 25.9. The van der Waals surface area contributed by atoms with Crippen molar-refractivity contribution in [2.75, 3.05) is 31.3 Å². The second-order valence-electron chi connectivity index (χ2n) is 3.96. The molecule has 2 N–H and O–H groups in total. The maximum Gasteiger partial charge on any atom is 0.244 e. The van der Waals surface area contributed by atoms with E-state index in [0.29, 0.717) is 12.2 Å². The van der Waals surface area contributed by atoms with Crippen LogP contribution in [0, 0.1) is 6.92 Å². The zero-order chi connectivity index (χ0) is 13.9. The Balaban J connectivity index is 3.16. The predicted octanol–water partition coefficient (Wildman–Crippen LogP) is 2.21. The number of hydrogen-bond donors (Lipinski definition) is 1. The van der Waals surface area contributed by atoms with E-state index in [2.05, 4.69) is 0 Å². The van der Waals surface area contributed by atoms with Crippen LogP contribution < -0.4 is 5.73 Å². The summed E-state index contributed by atoms with van der Waals surface area (Å²) in [6.07, 6.45) is 1.93. The number of aryl methyl sites for hydroxylation is 1. The molecule has 0 aromatic heterocycles. The average Bonchev–Trinajstić information content (AvgIpc) is 2.30. The molecule has 0 unspecified atom stereocenters. The van der Waals surface area contributed by atoms with Crippen molar-refractivity contribution < 1.29 is 8.42 Å². The van der Waals surface area contributed by atoms with E-state index in [1.807, 2.05) is 6.26 Å². The van der Waals surface area contributed by atoms with Gasteiger partial charge in [0.2, 0.25) is 10.0 Å². The average molecular weight is 309 g/mol. The Morgan fingerprint density at radius 2 is 2.06 bits per heavy atom. The molecule has 0 aliphatic carbocycles. The molecule has 7 heteroatoms. The summed E-state index contributed by atoms with van der Waals surface area (Å²) in [5.74, 6) is 0.731. The van der Waals surface area contributed by atoms with Gasteiger partial charge in [0.05, 0.1) is 5.02 Å². The van der Waals surface area contributed by atoms with Crippen LogP contribution in [-0.2, 0) is 10.0 Å². The van der Waals surface area contributed by atoms with E-state index in [4.69, 9.17) is 17.3 Å². The molecule has 0 aliphatic rings. The van der Waals surface area contributed by atoms with Gasteiger partial charge in [0.15, 0.2) is 0 Å². The van der Waals surface area contributed by atoms with Crippen molar-refractivity contribution >= 4 is 39.1 Å². The summed E-state index contributed by atoms with van der Waals surface area (Å²) in [7, 11) is -2.03. The Bertz CT molecular complexity index is 532. The minimum atomic E-state index is -3.57. The third-order valence-electron chi connectivity index (χ3n) is 2.62. The molecule has 0 atom stereocenters. The minimum Gasteiger partial charge on any atom is -0.398 e. The number of sulfonamides is 1. The lowest BCUT2D eigenvalue weighted by Gasteiger charge is -2.18. The number of halogens is 1. The Morgan fingerprint density at radius 1 is 1.44 bits per heavy atom. The molecule has 0 bridgehead atoms. The lowest BCUT2D eigenvalue weighted by Crippen LogP contribution is -2.29. The Hall–Kier alpha value is -0.430. The van der Waals surface area contributed by atoms with Gasteiger partial charge in [0, 0.05) is 25.0 Å². The van der Waals surface area contributed by atoms with Crippen molar-refractivity contribution in [3.63, 3.8) is 0 Å². The van der Waals surface area contributed by atoms with Crippen molar-refractivity contribution in [2.24, 2.45) is 0 Å². The fourth-order valence-corrected chi connectivity index (χ4v) is 3.71. The number of nitrogen functional groups attached to an aromatic ring is 1. The lowest BCUT2D eigenvalue weighted by molar-refractivity contribution is 0.488. The van der Waals surface area contributed by atoms with E-state index in [1.165, 1.54) is 17.4 Å². The van der Waals surface area contributed by atoms with Crippen molar-refractivity contribution in [3.8, 4) is 0 Å². The molecule has 0 heterocycles. The number of rotatable bonds is 5. The van der Waals surface area contributed by atoms with Gasteiger partial charge in [-0.25, -0.2) is 12.7 Å². The van der Waals surface area contributed by atoms with Crippen molar-refractivity contribution in [1.82, 2.24) is 4.31 Å². The smallest absolute Gasteiger partial charge is 0.244 e. The van der Waals surface area contributed by atoms with E-state index in [0.717, 1.165) is 11.3 Å². The quantitative estimate of drug-likeness (QED) is 0.847. The Kier molecular flexibility index (Phi) is 5.33. The molecule has 1 aromatic carbocycles. The third-order valence-corrected chi connectivity index (χ3v) is 5.53. The first-order valence-corrected chi connectivity index (χ1v) is 8.52. The summed E-state index contributed by atoms with van der Waals surface area (Å²) >= 11 is 7.58. The summed E-state index contributed by atoms with van der Waals surface area (Å²) in [5.41, 5.74) is 6.94. The van der Waals surface area contributed by atoms with Gasteiger partial charge in [0.1, 0.15) is 4.90 Å². The number of nitrogens with zero attached hydrogens (tertiary/aromatic N) is 1. The first kappa shape index (κ1) is 15.6. The molecule has 0 saturated carbocycles. The highest BCUT2D eigenvalue weighted by molar-refractivity contribution is 7.98. The molecule has 0 radical (unpaired) electrons. The summed E-state index contributed by atoms with van der Waals surface area (Å²) in [5, 5.41) is 0.206. The topological polar surface area (TPSA) is 63.4 Å². The zero-order valence-corrected chi connectivity index (χ0v) is 13.0. The summed E-state index contributed by atoms with van der Waals surface area (Å²) in [6, 6.07) is 2.99. The second kappa shape index (κ2) is 6.14. The maximum absolute atomic E-state index is 12.3. The molecule has 0 spiro atoms. The molecule has 0 aliphatic heterocycles. The zero-order valence-electron chi connectivity index (χ0n) is 10.6. The van der Waals surface area contributed by atoms with E-state index in [9.17, 15) is 8.42 Å². The molecule has 0 fully saturated rings. The highest BCUT2D eigenvalue weighted by Gasteiger charge is 2.24. The highest BCUT2D eigenvalue weighted by Crippen LogP contribution is 2.28. The number of thioether (sulfide) groups is 1. The minimum absolute atomic E-state index is 0.0656. The molecule has 4 nitrogen and oxygen atoms in total. The van der Waals surface area contributed by atoms with Gasteiger partial charge in [-0.05, 0) is 30.9 Å². The molecule has 1 rings (SSSR count). The molecular weight excluding hydrogens is 292 g/mol. The molecule has 102 valence electrons.